The van der Waals surface area contributed by atoms with Crippen LogP contribution in [-0.2, 0) is 18.0 Å². The second-order valence-corrected chi connectivity index (χ2v) is 3.98. The average Bonchev–Trinajstić information content (AvgIpc) is 2.80. The van der Waals surface area contributed by atoms with Crippen molar-refractivity contribution in [2.45, 2.75) is 13.2 Å². The van der Waals surface area contributed by atoms with E-state index < -0.39 is 0 Å². The van der Waals surface area contributed by atoms with Gasteiger partial charge in [0.1, 0.15) is 12.4 Å². The van der Waals surface area contributed by atoms with Crippen LogP contribution in [0.25, 0.3) is 0 Å². The van der Waals surface area contributed by atoms with Crippen LogP contribution in [0.5, 0.6) is 0 Å². The fourth-order valence-corrected chi connectivity index (χ4v) is 1.51. The lowest BCUT2D eigenvalue weighted by Crippen LogP contribution is -1.92. The summed E-state index contributed by atoms with van der Waals surface area (Å²) in [5, 5.41) is 0.704. The highest BCUT2D eigenvalue weighted by Crippen LogP contribution is 2.12. The molecule has 0 N–H and O–H groups in total. The third-order valence-electron chi connectivity index (χ3n) is 2.22. The summed E-state index contributed by atoms with van der Waals surface area (Å²) < 4.78 is 10.6. The van der Waals surface area contributed by atoms with Crippen molar-refractivity contribution < 1.29 is 13.9 Å². The molecule has 0 aliphatic rings. The maximum Gasteiger partial charge on any atom is 0.185 e. The predicted octanol–water partition coefficient (Wildman–Crippen LogP) is 3.46. The molecule has 2 rings (SSSR count). The zero-order chi connectivity index (χ0) is 12.1. The quantitative estimate of drug-likeness (QED) is 0.763. The van der Waals surface area contributed by atoms with Crippen LogP contribution in [0.4, 0.5) is 0 Å². The molecule has 2 aromatic rings. The van der Waals surface area contributed by atoms with Crippen molar-refractivity contribution in [3.05, 3.63) is 58.5 Å². The van der Waals surface area contributed by atoms with Gasteiger partial charge in [0.05, 0.1) is 6.61 Å². The highest BCUT2D eigenvalue weighted by molar-refractivity contribution is 6.30. The minimum Gasteiger partial charge on any atom is -0.456 e. The van der Waals surface area contributed by atoms with Gasteiger partial charge in [0.25, 0.3) is 0 Å². The lowest BCUT2D eigenvalue weighted by molar-refractivity contribution is 0.0908. The fraction of sp³-hybridized carbons (Fsp3) is 0.154. The van der Waals surface area contributed by atoms with Gasteiger partial charge in [-0.2, -0.15) is 0 Å². The average molecular weight is 251 g/mol. The topological polar surface area (TPSA) is 39.4 Å². The largest absolute Gasteiger partial charge is 0.456 e. The van der Waals surface area contributed by atoms with E-state index in [-0.39, 0.29) is 0 Å². The molecule has 3 nitrogen and oxygen atoms in total. The molecular weight excluding hydrogens is 240 g/mol. The minimum atomic E-state index is 0.315. The molecule has 0 atom stereocenters. The van der Waals surface area contributed by atoms with Crippen molar-refractivity contribution in [1.29, 1.82) is 0 Å². The molecule has 0 spiro atoms. The Balaban J connectivity index is 1.83. The Kier molecular flexibility index (Phi) is 3.96. The summed E-state index contributed by atoms with van der Waals surface area (Å²) in [5.41, 5.74) is 1.04. The third kappa shape index (κ3) is 3.44. The third-order valence-corrected chi connectivity index (χ3v) is 2.48. The van der Waals surface area contributed by atoms with E-state index in [1.807, 2.05) is 24.3 Å². The van der Waals surface area contributed by atoms with Crippen molar-refractivity contribution in [2.24, 2.45) is 0 Å². The maximum atomic E-state index is 10.4. The molecule has 88 valence electrons. The number of aldehydes is 1. The van der Waals surface area contributed by atoms with E-state index in [0.717, 1.165) is 5.56 Å². The summed E-state index contributed by atoms with van der Waals surface area (Å²) in [6.07, 6.45) is 0.669. The molecule has 0 unspecified atom stereocenters. The molecule has 0 saturated carbocycles. The Labute approximate surface area is 104 Å². The Bertz CT molecular complexity index is 488. The molecule has 0 radical (unpaired) electrons. The smallest absolute Gasteiger partial charge is 0.185 e. The standard InChI is InChI=1S/C13H11ClO3/c14-11-3-1-10(2-4-11)8-16-9-13-6-5-12(7-15)17-13/h1-7H,8-9H2. The molecule has 0 aliphatic carbocycles. The van der Waals surface area contributed by atoms with Gasteiger partial charge in [-0.05, 0) is 29.8 Å². The molecule has 1 aromatic carbocycles. The fourth-order valence-electron chi connectivity index (χ4n) is 1.39. The van der Waals surface area contributed by atoms with Gasteiger partial charge >= 0.3 is 0 Å². The molecule has 1 heterocycles. The van der Waals surface area contributed by atoms with E-state index >= 15 is 0 Å². The minimum absolute atomic E-state index is 0.315. The molecule has 0 amide bonds. The van der Waals surface area contributed by atoms with Crippen LogP contribution < -0.4 is 0 Å². The SMILES string of the molecule is O=Cc1ccc(COCc2ccc(Cl)cc2)o1. The van der Waals surface area contributed by atoms with Crippen LogP contribution in [0, 0.1) is 0 Å². The Morgan fingerprint density at radius 3 is 2.53 bits per heavy atom. The summed E-state index contributed by atoms with van der Waals surface area (Å²) in [7, 11) is 0. The Hall–Kier alpha value is -1.58. The summed E-state index contributed by atoms with van der Waals surface area (Å²) in [6.45, 7) is 0.824. The van der Waals surface area contributed by atoms with Crippen LogP contribution >= 0.6 is 11.6 Å². The van der Waals surface area contributed by atoms with Gasteiger partial charge in [0.2, 0.25) is 0 Å². The van der Waals surface area contributed by atoms with Gasteiger partial charge in [-0.1, -0.05) is 23.7 Å². The monoisotopic (exact) mass is 250 g/mol. The summed E-state index contributed by atoms with van der Waals surface area (Å²) >= 11 is 5.77. The summed E-state index contributed by atoms with van der Waals surface area (Å²) in [4.78, 5) is 10.4. The van der Waals surface area contributed by atoms with E-state index in [1.165, 1.54) is 0 Å². The molecule has 0 aliphatic heterocycles. The van der Waals surface area contributed by atoms with Crippen LogP contribution in [0.2, 0.25) is 5.02 Å². The number of carbonyl (C=O) groups excluding carboxylic acids is 1. The number of halogens is 1. The number of rotatable bonds is 5. The molecule has 0 saturated heterocycles. The highest BCUT2D eigenvalue weighted by atomic mass is 35.5. The van der Waals surface area contributed by atoms with Crippen LogP contribution in [0.15, 0.2) is 40.8 Å². The molecule has 0 bridgehead atoms. The van der Waals surface area contributed by atoms with Crippen molar-refractivity contribution >= 4 is 17.9 Å². The lowest BCUT2D eigenvalue weighted by Gasteiger charge is -2.02. The molecule has 0 fully saturated rings. The van der Waals surface area contributed by atoms with Gasteiger partial charge in [-0.3, -0.25) is 4.79 Å². The number of furan rings is 1. The van der Waals surface area contributed by atoms with Crippen LogP contribution in [0.3, 0.4) is 0 Å². The first-order chi connectivity index (χ1) is 8.28. The summed E-state index contributed by atoms with van der Waals surface area (Å²) in [6, 6.07) is 10.8. The second-order valence-electron chi connectivity index (χ2n) is 3.54. The zero-order valence-electron chi connectivity index (χ0n) is 9.06. The zero-order valence-corrected chi connectivity index (χ0v) is 9.81. The molecule has 4 heteroatoms. The molecule has 1 aromatic heterocycles. The van der Waals surface area contributed by atoms with Crippen molar-refractivity contribution in [1.82, 2.24) is 0 Å². The normalized spacial score (nSPS) is 10.4. The van der Waals surface area contributed by atoms with E-state index in [9.17, 15) is 4.79 Å². The predicted molar refractivity (Wildman–Crippen MR) is 64.0 cm³/mol. The van der Waals surface area contributed by atoms with E-state index in [1.54, 1.807) is 12.1 Å². The number of hydrogen-bond donors (Lipinski definition) is 0. The molecule has 17 heavy (non-hydrogen) atoms. The van der Waals surface area contributed by atoms with Crippen molar-refractivity contribution in [2.75, 3.05) is 0 Å². The van der Waals surface area contributed by atoms with E-state index in [4.69, 9.17) is 20.8 Å². The van der Waals surface area contributed by atoms with Crippen LogP contribution in [-0.4, -0.2) is 6.29 Å². The van der Waals surface area contributed by atoms with E-state index in [0.29, 0.717) is 36.0 Å². The second kappa shape index (κ2) is 5.66. The number of carbonyl (C=O) groups is 1. The first kappa shape index (κ1) is 11.9. The van der Waals surface area contributed by atoms with Gasteiger partial charge in [-0.15, -0.1) is 0 Å². The maximum absolute atomic E-state index is 10.4. The van der Waals surface area contributed by atoms with Crippen molar-refractivity contribution in [3.8, 4) is 0 Å². The number of ether oxygens (including phenoxy) is 1. The first-order valence-electron chi connectivity index (χ1n) is 5.14. The van der Waals surface area contributed by atoms with Crippen molar-refractivity contribution in [3.63, 3.8) is 0 Å². The van der Waals surface area contributed by atoms with Gasteiger partial charge < -0.3 is 9.15 Å². The molecular formula is C13H11ClO3. The highest BCUT2D eigenvalue weighted by Gasteiger charge is 2.01. The first-order valence-corrected chi connectivity index (χ1v) is 5.52. The van der Waals surface area contributed by atoms with E-state index in [2.05, 4.69) is 0 Å². The summed E-state index contributed by atoms with van der Waals surface area (Å²) in [5.74, 6) is 0.955. The number of benzene rings is 1. The van der Waals surface area contributed by atoms with Gasteiger partial charge in [-0.25, -0.2) is 0 Å². The van der Waals surface area contributed by atoms with Gasteiger partial charge in [0.15, 0.2) is 12.0 Å². The number of hydrogen-bond acceptors (Lipinski definition) is 3. The Morgan fingerprint density at radius 2 is 1.88 bits per heavy atom. The van der Waals surface area contributed by atoms with Crippen LogP contribution in [0.1, 0.15) is 21.9 Å². The lowest BCUT2D eigenvalue weighted by atomic mass is 10.2. The Morgan fingerprint density at radius 1 is 1.12 bits per heavy atom. The van der Waals surface area contributed by atoms with Gasteiger partial charge in [0, 0.05) is 5.02 Å².